The van der Waals surface area contributed by atoms with Gasteiger partial charge in [-0.3, -0.25) is 0 Å². The van der Waals surface area contributed by atoms with Gasteiger partial charge in [0.05, 0.1) is 13.2 Å². The highest BCUT2D eigenvalue weighted by molar-refractivity contribution is 7.09. The first-order valence-electron chi connectivity index (χ1n) is 8.71. The number of rotatable bonds is 2. The predicted molar refractivity (Wildman–Crippen MR) is 100.0 cm³/mol. The second-order valence-corrected chi connectivity index (χ2v) is 7.42. The first-order chi connectivity index (χ1) is 12.3. The number of anilines is 1. The molecule has 1 aromatic heterocycles. The monoisotopic (exact) mass is 349 g/mol. The highest BCUT2D eigenvalue weighted by Gasteiger charge is 2.43. The molecule has 0 saturated carbocycles. The van der Waals surface area contributed by atoms with Gasteiger partial charge in [-0.1, -0.05) is 54.6 Å². The molecular formula is C20H19N3OS. The molecule has 0 amide bonds. The van der Waals surface area contributed by atoms with E-state index in [9.17, 15) is 0 Å². The van der Waals surface area contributed by atoms with Crippen molar-refractivity contribution >= 4 is 16.7 Å². The van der Waals surface area contributed by atoms with Crippen LogP contribution in [-0.4, -0.2) is 29.1 Å². The van der Waals surface area contributed by atoms with E-state index in [2.05, 4.69) is 45.7 Å². The Bertz CT molecular complexity index is 891. The number of hydrogen-bond acceptors (Lipinski definition) is 5. The lowest BCUT2D eigenvalue weighted by atomic mass is 9.94. The number of hydrogen-bond donors (Lipinski definition) is 0. The fourth-order valence-electron chi connectivity index (χ4n) is 3.96. The zero-order valence-corrected chi connectivity index (χ0v) is 14.7. The van der Waals surface area contributed by atoms with Crippen LogP contribution in [0.1, 0.15) is 17.5 Å². The van der Waals surface area contributed by atoms with Gasteiger partial charge in [0.1, 0.15) is 5.60 Å². The van der Waals surface area contributed by atoms with E-state index in [0.29, 0.717) is 0 Å². The number of fused-ring (bicyclic) bond motifs is 2. The van der Waals surface area contributed by atoms with Crippen LogP contribution >= 0.6 is 11.5 Å². The van der Waals surface area contributed by atoms with Crippen molar-refractivity contribution in [3.8, 4) is 11.4 Å². The maximum atomic E-state index is 6.31. The molecule has 2 aromatic carbocycles. The average Bonchev–Trinajstić information content (AvgIpc) is 3.30. The highest BCUT2D eigenvalue weighted by Crippen LogP contribution is 2.43. The smallest absolute Gasteiger partial charge is 0.205 e. The molecule has 1 aliphatic carbocycles. The van der Waals surface area contributed by atoms with Crippen LogP contribution in [0.5, 0.6) is 0 Å². The first-order valence-corrected chi connectivity index (χ1v) is 9.48. The lowest BCUT2D eigenvalue weighted by molar-refractivity contribution is -0.0592. The van der Waals surface area contributed by atoms with E-state index in [1.807, 2.05) is 18.2 Å². The second-order valence-electron chi connectivity index (χ2n) is 6.69. The van der Waals surface area contributed by atoms with Crippen molar-refractivity contribution in [2.75, 3.05) is 24.6 Å². The van der Waals surface area contributed by atoms with Crippen LogP contribution in [0.4, 0.5) is 5.13 Å². The Kier molecular flexibility index (Phi) is 3.57. The van der Waals surface area contributed by atoms with Crippen molar-refractivity contribution < 1.29 is 4.74 Å². The van der Waals surface area contributed by atoms with Crippen LogP contribution in [0.3, 0.4) is 0 Å². The van der Waals surface area contributed by atoms with Crippen LogP contribution in [-0.2, 0) is 16.8 Å². The van der Waals surface area contributed by atoms with Gasteiger partial charge in [0.25, 0.3) is 0 Å². The molecule has 1 atom stereocenters. The summed E-state index contributed by atoms with van der Waals surface area (Å²) in [5.41, 5.74) is 3.66. The summed E-state index contributed by atoms with van der Waals surface area (Å²) in [5.74, 6) is 0.813. The summed E-state index contributed by atoms with van der Waals surface area (Å²) >= 11 is 1.48. The standard InChI is InChI=1S/C20H19N3OS/c1-2-7-16(8-3-1)18-21-19(25-22-18)23-12-13-24-20(14-23)11-10-15-6-4-5-9-17(15)20/h1-9H,10-14H2. The van der Waals surface area contributed by atoms with Crippen LogP contribution in [0, 0.1) is 0 Å². The summed E-state index contributed by atoms with van der Waals surface area (Å²) in [6.07, 6.45) is 2.14. The maximum Gasteiger partial charge on any atom is 0.205 e. The number of morpholine rings is 1. The molecule has 1 unspecified atom stereocenters. The van der Waals surface area contributed by atoms with Crippen LogP contribution in [0.25, 0.3) is 11.4 Å². The van der Waals surface area contributed by atoms with Gasteiger partial charge in [0, 0.05) is 23.6 Å². The van der Waals surface area contributed by atoms with Crippen LogP contribution in [0.15, 0.2) is 54.6 Å². The summed E-state index contributed by atoms with van der Waals surface area (Å²) in [7, 11) is 0. The van der Waals surface area contributed by atoms with Gasteiger partial charge in [0.2, 0.25) is 5.13 Å². The van der Waals surface area contributed by atoms with Crippen molar-refractivity contribution in [2.24, 2.45) is 0 Å². The average molecular weight is 349 g/mol. The van der Waals surface area contributed by atoms with Crippen molar-refractivity contribution in [3.63, 3.8) is 0 Å². The Morgan fingerprint density at radius 1 is 1.04 bits per heavy atom. The molecular weight excluding hydrogens is 330 g/mol. The third-order valence-electron chi connectivity index (χ3n) is 5.21. The van der Waals surface area contributed by atoms with Gasteiger partial charge < -0.3 is 9.64 Å². The molecule has 126 valence electrons. The van der Waals surface area contributed by atoms with Crippen LogP contribution < -0.4 is 4.90 Å². The summed E-state index contributed by atoms with van der Waals surface area (Å²) in [4.78, 5) is 7.14. The normalized spacial score (nSPS) is 22.3. The van der Waals surface area contributed by atoms with Gasteiger partial charge in [0.15, 0.2) is 5.82 Å². The molecule has 3 aromatic rings. The Morgan fingerprint density at radius 2 is 1.88 bits per heavy atom. The minimum Gasteiger partial charge on any atom is -0.367 e. The van der Waals surface area contributed by atoms with E-state index in [-0.39, 0.29) is 5.60 Å². The fraction of sp³-hybridized carbons (Fsp3) is 0.300. The molecule has 0 bridgehead atoms. The number of aromatic nitrogens is 2. The molecule has 1 aliphatic heterocycles. The SMILES string of the molecule is c1ccc(-c2nsc(N3CCOC4(CCc5ccccc54)C3)n2)cc1. The zero-order chi connectivity index (χ0) is 16.7. The molecule has 1 fully saturated rings. The third kappa shape index (κ3) is 2.55. The molecule has 2 heterocycles. The summed E-state index contributed by atoms with van der Waals surface area (Å²) in [6, 6.07) is 18.9. The molecule has 25 heavy (non-hydrogen) atoms. The Balaban J connectivity index is 1.44. The second kappa shape index (κ2) is 5.93. The Labute approximate surface area is 151 Å². The van der Waals surface area contributed by atoms with Crippen molar-refractivity contribution in [1.29, 1.82) is 0 Å². The summed E-state index contributed by atoms with van der Waals surface area (Å²) in [6.45, 7) is 2.45. The summed E-state index contributed by atoms with van der Waals surface area (Å²) < 4.78 is 10.9. The van der Waals surface area contributed by atoms with E-state index in [0.717, 1.165) is 49.1 Å². The third-order valence-corrected chi connectivity index (χ3v) is 5.99. The van der Waals surface area contributed by atoms with Crippen molar-refractivity contribution in [3.05, 3.63) is 65.7 Å². The first kappa shape index (κ1) is 15.0. The van der Waals surface area contributed by atoms with E-state index in [4.69, 9.17) is 9.72 Å². The van der Waals surface area contributed by atoms with Gasteiger partial charge in [-0.05, 0) is 24.0 Å². The Morgan fingerprint density at radius 3 is 2.80 bits per heavy atom. The van der Waals surface area contributed by atoms with Crippen molar-refractivity contribution in [2.45, 2.75) is 18.4 Å². The fourth-order valence-corrected chi connectivity index (χ4v) is 4.68. The van der Waals surface area contributed by atoms with E-state index in [1.165, 1.54) is 22.7 Å². The maximum absolute atomic E-state index is 6.31. The number of nitrogens with zero attached hydrogens (tertiary/aromatic N) is 3. The van der Waals surface area contributed by atoms with E-state index >= 15 is 0 Å². The van der Waals surface area contributed by atoms with Crippen molar-refractivity contribution in [1.82, 2.24) is 9.36 Å². The van der Waals surface area contributed by atoms with Crippen LogP contribution in [0.2, 0.25) is 0 Å². The van der Waals surface area contributed by atoms with Gasteiger partial charge in [-0.2, -0.15) is 9.36 Å². The van der Waals surface area contributed by atoms with Gasteiger partial charge in [-0.25, -0.2) is 0 Å². The molecule has 2 aliphatic rings. The predicted octanol–water partition coefficient (Wildman–Crippen LogP) is 3.88. The molecule has 0 radical (unpaired) electrons. The highest BCUT2D eigenvalue weighted by atomic mass is 32.1. The van der Waals surface area contributed by atoms with Gasteiger partial charge in [-0.15, -0.1) is 0 Å². The number of benzene rings is 2. The Hall–Kier alpha value is -2.24. The molecule has 1 spiro atoms. The molecule has 1 saturated heterocycles. The zero-order valence-electron chi connectivity index (χ0n) is 13.9. The largest absolute Gasteiger partial charge is 0.367 e. The minimum atomic E-state index is -0.187. The molecule has 5 heteroatoms. The van der Waals surface area contributed by atoms with Gasteiger partial charge >= 0.3 is 0 Å². The molecule has 5 rings (SSSR count). The lowest BCUT2D eigenvalue weighted by Gasteiger charge is -2.41. The van der Waals surface area contributed by atoms with E-state index in [1.54, 1.807) is 0 Å². The van der Waals surface area contributed by atoms with E-state index < -0.39 is 0 Å². The minimum absolute atomic E-state index is 0.187. The molecule has 4 nitrogen and oxygen atoms in total. The molecule has 0 N–H and O–H groups in total. The topological polar surface area (TPSA) is 38.2 Å². The summed E-state index contributed by atoms with van der Waals surface area (Å²) in [5, 5.41) is 0.992. The number of ether oxygens (including phenoxy) is 1. The quantitative estimate of drug-likeness (QED) is 0.704. The number of aryl methyl sites for hydroxylation is 1. The lowest BCUT2D eigenvalue weighted by Crippen LogP contribution is -2.49.